The van der Waals surface area contributed by atoms with Gasteiger partial charge >= 0.3 is 0 Å². The second-order valence-corrected chi connectivity index (χ2v) is 3.42. The van der Waals surface area contributed by atoms with Crippen LogP contribution in [0, 0.1) is 26.9 Å². The number of primary amides is 1. The Bertz CT molecular complexity index is 627. The van der Waals surface area contributed by atoms with Crippen molar-refractivity contribution in [3.63, 3.8) is 0 Å². The summed E-state index contributed by atoms with van der Waals surface area (Å²) in [6.07, 6.45) is 0. The van der Waals surface area contributed by atoms with Crippen molar-refractivity contribution in [1.29, 1.82) is 10.7 Å². The number of amidine groups is 1. The molecule has 0 bridgehead atoms. The molecule has 0 atom stereocenters. The summed E-state index contributed by atoms with van der Waals surface area (Å²) in [6, 6.07) is 5.19. The second kappa shape index (κ2) is 5.91. The van der Waals surface area contributed by atoms with E-state index < -0.39 is 28.1 Å². The molecular formula is C10H9N7O3. The molecule has 0 aliphatic carbocycles. The van der Waals surface area contributed by atoms with E-state index in [1.807, 2.05) is 0 Å². The lowest BCUT2D eigenvalue weighted by Gasteiger charge is -2.06. The Hall–Kier alpha value is -3.48. The minimum atomic E-state index is -0.910. The number of hydrazone groups is 1. The van der Waals surface area contributed by atoms with Crippen LogP contribution in [0.4, 0.5) is 11.4 Å². The van der Waals surface area contributed by atoms with E-state index in [9.17, 15) is 14.9 Å². The Kier molecular flexibility index (Phi) is 4.31. The molecule has 0 aromatic heterocycles. The Morgan fingerprint density at radius 2 is 2.15 bits per heavy atom. The molecule has 6 N–H and O–H groups in total. The topological polar surface area (TPSA) is 184 Å². The predicted octanol–water partition coefficient (Wildman–Crippen LogP) is -0.0789. The molecule has 0 aliphatic heterocycles. The standard InChI is InChI=1S/C10H9N7O3/c11-4-6(9(12)13)15-16-8-5(10(14)18)2-1-3-7(8)17(19)20/h1-3,16H,(H3,12,13)(H2,14,18)/b15-6+. The minimum Gasteiger partial charge on any atom is -0.382 e. The number of nitrogens with one attached hydrogen (secondary N) is 2. The first-order valence-electron chi connectivity index (χ1n) is 5.04. The van der Waals surface area contributed by atoms with Gasteiger partial charge in [-0.1, -0.05) is 6.07 Å². The normalized spacial score (nSPS) is 10.4. The Morgan fingerprint density at radius 1 is 1.50 bits per heavy atom. The van der Waals surface area contributed by atoms with Crippen molar-refractivity contribution in [2.75, 3.05) is 5.43 Å². The van der Waals surface area contributed by atoms with Crippen molar-refractivity contribution in [2.24, 2.45) is 16.6 Å². The highest BCUT2D eigenvalue weighted by Crippen LogP contribution is 2.28. The van der Waals surface area contributed by atoms with Crippen LogP contribution < -0.4 is 16.9 Å². The van der Waals surface area contributed by atoms with Gasteiger partial charge in [-0.15, -0.1) is 0 Å². The molecule has 1 aromatic rings. The number of rotatable bonds is 5. The minimum absolute atomic E-state index is 0.177. The quantitative estimate of drug-likeness (QED) is 0.252. The molecule has 0 unspecified atom stereocenters. The third-order valence-electron chi connectivity index (χ3n) is 2.15. The SMILES string of the molecule is N#C/C(=N\Nc1c(C(N)=O)cccc1[N+](=O)[O-])C(=N)N. The molecule has 0 radical (unpaired) electrons. The molecule has 10 nitrogen and oxygen atoms in total. The number of nitrogens with two attached hydrogens (primary N) is 2. The first-order chi connectivity index (χ1) is 9.38. The highest BCUT2D eigenvalue weighted by Gasteiger charge is 2.20. The maximum absolute atomic E-state index is 11.2. The van der Waals surface area contributed by atoms with Gasteiger partial charge in [0.15, 0.2) is 5.84 Å². The number of benzene rings is 1. The van der Waals surface area contributed by atoms with E-state index in [1.54, 1.807) is 0 Å². The molecule has 1 rings (SSSR count). The van der Waals surface area contributed by atoms with Crippen LogP contribution in [0.5, 0.6) is 0 Å². The predicted molar refractivity (Wildman–Crippen MR) is 70.2 cm³/mol. The number of amides is 1. The second-order valence-electron chi connectivity index (χ2n) is 3.42. The Morgan fingerprint density at radius 3 is 2.60 bits per heavy atom. The zero-order chi connectivity index (χ0) is 15.3. The van der Waals surface area contributed by atoms with Crippen molar-refractivity contribution in [1.82, 2.24) is 0 Å². The summed E-state index contributed by atoms with van der Waals surface area (Å²) in [5.41, 5.74) is 11.0. The lowest BCUT2D eigenvalue weighted by molar-refractivity contribution is -0.384. The molecule has 0 aliphatic rings. The summed E-state index contributed by atoms with van der Waals surface area (Å²) in [5.74, 6) is -1.54. The van der Waals surface area contributed by atoms with Crippen molar-refractivity contribution in [3.8, 4) is 6.07 Å². The lowest BCUT2D eigenvalue weighted by Crippen LogP contribution is -2.22. The van der Waals surface area contributed by atoms with Crippen molar-refractivity contribution in [3.05, 3.63) is 33.9 Å². The van der Waals surface area contributed by atoms with Gasteiger partial charge in [0, 0.05) is 6.07 Å². The van der Waals surface area contributed by atoms with E-state index in [4.69, 9.17) is 22.1 Å². The average Bonchev–Trinajstić information content (AvgIpc) is 2.38. The van der Waals surface area contributed by atoms with E-state index in [-0.39, 0.29) is 11.3 Å². The molecule has 1 amide bonds. The Balaban J connectivity index is 3.35. The molecule has 1 aromatic carbocycles. The number of hydrogen-bond donors (Lipinski definition) is 4. The van der Waals surface area contributed by atoms with E-state index in [1.165, 1.54) is 18.2 Å². The molecule has 0 heterocycles. The fourth-order valence-corrected chi connectivity index (χ4v) is 1.27. The number of anilines is 1. The molecular weight excluding hydrogens is 266 g/mol. The van der Waals surface area contributed by atoms with Crippen LogP contribution in [-0.2, 0) is 0 Å². The third-order valence-corrected chi connectivity index (χ3v) is 2.15. The van der Waals surface area contributed by atoms with Crippen molar-refractivity contribution in [2.45, 2.75) is 0 Å². The van der Waals surface area contributed by atoms with Gasteiger partial charge in [-0.05, 0) is 6.07 Å². The van der Waals surface area contributed by atoms with Gasteiger partial charge in [-0.3, -0.25) is 25.7 Å². The molecule has 20 heavy (non-hydrogen) atoms. The molecule has 0 spiro atoms. The molecule has 0 saturated heterocycles. The van der Waals surface area contributed by atoms with Crippen LogP contribution in [0.25, 0.3) is 0 Å². The molecule has 0 fully saturated rings. The van der Waals surface area contributed by atoms with Gasteiger partial charge in [-0.25, -0.2) is 0 Å². The van der Waals surface area contributed by atoms with E-state index >= 15 is 0 Å². The van der Waals surface area contributed by atoms with Crippen LogP contribution in [-0.4, -0.2) is 22.4 Å². The summed E-state index contributed by atoms with van der Waals surface area (Å²) in [6.45, 7) is 0. The average molecular weight is 275 g/mol. The van der Waals surface area contributed by atoms with Crippen molar-refractivity contribution >= 4 is 28.8 Å². The van der Waals surface area contributed by atoms with Crippen LogP contribution in [0.15, 0.2) is 23.3 Å². The van der Waals surface area contributed by atoms with Gasteiger partial charge < -0.3 is 11.5 Å². The molecule has 10 heteroatoms. The van der Waals surface area contributed by atoms with Gasteiger partial charge in [0.05, 0.1) is 10.5 Å². The molecule has 0 saturated carbocycles. The monoisotopic (exact) mass is 275 g/mol. The number of nitrogens with zero attached hydrogens (tertiary/aromatic N) is 3. The van der Waals surface area contributed by atoms with Crippen molar-refractivity contribution < 1.29 is 9.72 Å². The third kappa shape index (κ3) is 3.05. The summed E-state index contributed by atoms with van der Waals surface area (Å²) in [5, 5.41) is 30.0. The highest BCUT2D eigenvalue weighted by molar-refractivity contribution is 6.45. The Labute approximate surface area is 112 Å². The van der Waals surface area contributed by atoms with Crippen LogP contribution in [0.1, 0.15) is 10.4 Å². The number of nitriles is 1. The fourth-order valence-electron chi connectivity index (χ4n) is 1.27. The zero-order valence-electron chi connectivity index (χ0n) is 9.95. The summed E-state index contributed by atoms with van der Waals surface area (Å²) < 4.78 is 0. The molecule has 102 valence electrons. The van der Waals surface area contributed by atoms with Crippen LogP contribution in [0.3, 0.4) is 0 Å². The van der Waals surface area contributed by atoms with Crippen LogP contribution >= 0.6 is 0 Å². The fraction of sp³-hybridized carbons (Fsp3) is 0. The number of para-hydroxylation sites is 1. The lowest BCUT2D eigenvalue weighted by atomic mass is 10.1. The van der Waals surface area contributed by atoms with E-state index in [0.29, 0.717) is 0 Å². The summed E-state index contributed by atoms with van der Waals surface area (Å²) in [4.78, 5) is 21.4. The number of nitro groups is 1. The summed E-state index contributed by atoms with van der Waals surface area (Å²) in [7, 11) is 0. The number of hydrogen-bond acceptors (Lipinski definition) is 7. The largest absolute Gasteiger partial charge is 0.382 e. The maximum atomic E-state index is 11.2. The maximum Gasteiger partial charge on any atom is 0.295 e. The zero-order valence-corrected chi connectivity index (χ0v) is 9.95. The highest BCUT2D eigenvalue weighted by atomic mass is 16.6. The smallest absolute Gasteiger partial charge is 0.295 e. The van der Waals surface area contributed by atoms with Crippen LogP contribution in [0.2, 0.25) is 0 Å². The number of nitro benzene ring substituents is 1. The van der Waals surface area contributed by atoms with E-state index in [2.05, 4.69) is 10.5 Å². The first-order valence-corrected chi connectivity index (χ1v) is 5.04. The number of carbonyl (C=O) groups excluding carboxylic acids is 1. The van der Waals surface area contributed by atoms with Gasteiger partial charge in [0.2, 0.25) is 5.71 Å². The first kappa shape index (κ1) is 14.6. The van der Waals surface area contributed by atoms with Gasteiger partial charge in [0.25, 0.3) is 11.6 Å². The summed E-state index contributed by atoms with van der Waals surface area (Å²) >= 11 is 0. The number of carbonyl (C=O) groups is 1. The van der Waals surface area contributed by atoms with E-state index in [0.717, 1.165) is 6.07 Å². The van der Waals surface area contributed by atoms with Gasteiger partial charge in [-0.2, -0.15) is 10.4 Å². The van der Waals surface area contributed by atoms with Gasteiger partial charge in [0.1, 0.15) is 11.8 Å².